The molecule has 4 nitrogen and oxygen atoms in total. The average molecular weight is 193 g/mol. The SMILES string of the molecule is O=P(O)(OF)OCl.[CaH2]. The minimum atomic E-state index is -4.56. The van der Waals surface area contributed by atoms with Crippen molar-refractivity contribution in [2.75, 3.05) is 0 Å². The molecule has 0 aromatic rings. The molecule has 0 aromatic carbocycles. The van der Waals surface area contributed by atoms with Gasteiger partial charge in [-0.25, -0.2) is 4.57 Å². The predicted molar refractivity (Wildman–Crippen MR) is 27.5 cm³/mol. The van der Waals surface area contributed by atoms with Crippen LogP contribution in [0.3, 0.4) is 0 Å². The van der Waals surface area contributed by atoms with E-state index in [9.17, 15) is 9.09 Å². The zero-order valence-corrected chi connectivity index (χ0v) is 4.53. The van der Waals surface area contributed by atoms with E-state index in [4.69, 9.17) is 4.89 Å². The summed E-state index contributed by atoms with van der Waals surface area (Å²) in [5.74, 6) is 0. The molecule has 1 atom stereocenters. The van der Waals surface area contributed by atoms with Crippen LogP contribution >= 0.6 is 19.7 Å². The maximum atomic E-state index is 10.5. The monoisotopic (exact) mass is 192 g/mol. The van der Waals surface area contributed by atoms with E-state index in [0.29, 0.717) is 0 Å². The van der Waals surface area contributed by atoms with Crippen LogP contribution in [0.25, 0.3) is 0 Å². The summed E-state index contributed by atoms with van der Waals surface area (Å²) in [5.41, 5.74) is 0. The van der Waals surface area contributed by atoms with Gasteiger partial charge in [0.05, 0.1) is 11.9 Å². The van der Waals surface area contributed by atoms with Gasteiger partial charge in [-0.2, -0.15) is 4.08 Å². The summed E-state index contributed by atoms with van der Waals surface area (Å²) in [6.07, 6.45) is 0. The van der Waals surface area contributed by atoms with E-state index in [1.165, 1.54) is 0 Å². The van der Waals surface area contributed by atoms with Gasteiger partial charge in [-0.1, -0.05) is 4.73 Å². The Morgan fingerprint density at radius 2 is 2.12 bits per heavy atom. The molecule has 8 heavy (non-hydrogen) atoms. The van der Waals surface area contributed by atoms with Crippen LogP contribution in [0.5, 0.6) is 0 Å². The van der Waals surface area contributed by atoms with Gasteiger partial charge >= 0.3 is 45.6 Å². The van der Waals surface area contributed by atoms with E-state index in [0.717, 1.165) is 0 Å². The van der Waals surface area contributed by atoms with Crippen molar-refractivity contribution in [2.24, 2.45) is 0 Å². The zero-order chi connectivity index (χ0) is 5.91. The van der Waals surface area contributed by atoms with Crippen LogP contribution in [0.4, 0.5) is 4.53 Å². The van der Waals surface area contributed by atoms with Gasteiger partial charge in [-0.15, -0.1) is 0 Å². The molecule has 0 bridgehead atoms. The number of rotatable bonds is 2. The third-order valence-corrected chi connectivity index (χ3v) is 1.05. The molecule has 0 aliphatic rings. The Labute approximate surface area is 79.6 Å². The third kappa shape index (κ3) is 5.72. The fourth-order valence-electron chi connectivity index (χ4n) is 0.0106. The first-order valence-electron chi connectivity index (χ1n) is 1.06. The van der Waals surface area contributed by atoms with Crippen LogP contribution in [0, 0.1) is 0 Å². The fraction of sp³-hybridized carbons (Fsp3) is 0. The van der Waals surface area contributed by atoms with Gasteiger partial charge in [-0.05, 0) is 4.53 Å². The molecule has 48 valence electrons. The molecule has 0 saturated carbocycles. The average Bonchev–Trinajstić information content (AvgIpc) is 1.68. The van der Waals surface area contributed by atoms with E-state index in [2.05, 4.69) is 20.7 Å². The normalized spacial score (nSPS) is 16.4. The number of hydrogen-bond acceptors (Lipinski definition) is 3. The zero-order valence-electron chi connectivity index (χ0n) is 2.88. The van der Waals surface area contributed by atoms with Crippen molar-refractivity contribution in [3.05, 3.63) is 0 Å². The van der Waals surface area contributed by atoms with Crippen molar-refractivity contribution in [1.29, 1.82) is 0 Å². The summed E-state index contributed by atoms with van der Waals surface area (Å²) in [6, 6.07) is 0. The molecule has 0 radical (unpaired) electrons. The molecule has 1 unspecified atom stereocenters. The van der Waals surface area contributed by atoms with Crippen molar-refractivity contribution >= 4 is 57.4 Å². The van der Waals surface area contributed by atoms with Crippen molar-refractivity contribution in [1.82, 2.24) is 0 Å². The van der Waals surface area contributed by atoms with Gasteiger partial charge in [0.15, 0.2) is 0 Å². The standard InChI is InChI=1S/Ca.ClFHO4P.2H/c;1-5-7(3,4)6-2;;/h;(H,3,4);;. The van der Waals surface area contributed by atoms with Gasteiger partial charge in [0.2, 0.25) is 0 Å². The molecule has 0 saturated heterocycles. The second kappa shape index (κ2) is 5.38. The maximum absolute atomic E-state index is 10.5. The van der Waals surface area contributed by atoms with E-state index < -0.39 is 7.82 Å². The molecule has 0 fully saturated rings. The van der Waals surface area contributed by atoms with E-state index in [1.54, 1.807) is 0 Å². The molecule has 0 spiro atoms. The Bertz CT molecular complexity index is 88.0. The van der Waals surface area contributed by atoms with Gasteiger partial charge < -0.3 is 0 Å². The van der Waals surface area contributed by atoms with E-state index in [1.807, 2.05) is 0 Å². The first-order valence-corrected chi connectivity index (χ1v) is 2.86. The molecule has 0 aliphatic carbocycles. The fourth-order valence-corrected chi connectivity index (χ4v) is 0.0958. The Kier molecular flexibility index (Phi) is 8.26. The van der Waals surface area contributed by atoms with Gasteiger partial charge in [0, 0.05) is 0 Å². The molecule has 1 N–H and O–H groups in total. The quantitative estimate of drug-likeness (QED) is 0.503. The molecular formula is H3CaClFO4P. The second-order valence-electron chi connectivity index (χ2n) is 0.607. The van der Waals surface area contributed by atoms with Crippen LogP contribution in [-0.2, 0) is 13.4 Å². The number of phosphoric acid groups is 1. The van der Waals surface area contributed by atoms with Crippen LogP contribution in [-0.4, -0.2) is 42.6 Å². The summed E-state index contributed by atoms with van der Waals surface area (Å²) in [7, 11) is -4.56. The van der Waals surface area contributed by atoms with Crippen molar-refractivity contribution in [3.63, 3.8) is 0 Å². The second-order valence-corrected chi connectivity index (χ2v) is 2.23. The van der Waals surface area contributed by atoms with Gasteiger partial charge in [0.1, 0.15) is 0 Å². The van der Waals surface area contributed by atoms with Gasteiger partial charge in [0.25, 0.3) is 0 Å². The molecule has 0 aliphatic heterocycles. The number of halogens is 2. The Morgan fingerprint density at radius 1 is 1.75 bits per heavy atom. The minimum absolute atomic E-state index is 0. The Morgan fingerprint density at radius 3 is 2.12 bits per heavy atom. The summed E-state index contributed by atoms with van der Waals surface area (Å²) in [6.45, 7) is 0. The van der Waals surface area contributed by atoms with Crippen LogP contribution < -0.4 is 0 Å². The molecular weight excluding hydrogens is 189 g/mol. The molecule has 0 aromatic heterocycles. The van der Waals surface area contributed by atoms with Crippen molar-refractivity contribution in [3.8, 4) is 0 Å². The summed E-state index contributed by atoms with van der Waals surface area (Å²) in [4.78, 5) is 7.74. The summed E-state index contributed by atoms with van der Waals surface area (Å²) < 4.78 is 25.5. The van der Waals surface area contributed by atoms with Crippen LogP contribution in [0.1, 0.15) is 0 Å². The van der Waals surface area contributed by atoms with E-state index in [-0.39, 0.29) is 37.7 Å². The summed E-state index contributed by atoms with van der Waals surface area (Å²) in [5, 5.41) is 0. The van der Waals surface area contributed by atoms with Crippen LogP contribution in [0.2, 0.25) is 0 Å². The molecule has 0 heterocycles. The van der Waals surface area contributed by atoms with Crippen molar-refractivity contribution in [2.45, 2.75) is 0 Å². The topological polar surface area (TPSA) is 55.8 Å². The van der Waals surface area contributed by atoms with E-state index >= 15 is 0 Å². The Balaban J connectivity index is 0. The first kappa shape index (κ1) is 12.3. The predicted octanol–water partition coefficient (Wildman–Crippen LogP) is 0.242. The molecule has 0 rings (SSSR count). The number of hydrogen-bond donors (Lipinski definition) is 1. The van der Waals surface area contributed by atoms with Crippen LogP contribution in [0.15, 0.2) is 0 Å². The Hall–Kier alpha value is 1.59. The third-order valence-electron chi connectivity index (χ3n) is 0.174. The first-order chi connectivity index (χ1) is 3.12. The van der Waals surface area contributed by atoms with Gasteiger partial charge in [-0.3, -0.25) is 4.89 Å². The van der Waals surface area contributed by atoms with Crippen molar-refractivity contribution < 1.29 is 22.8 Å². The molecule has 8 heteroatoms. The summed E-state index contributed by atoms with van der Waals surface area (Å²) >= 11 is 4.22. The molecule has 0 amide bonds.